The minimum Gasteiger partial charge on any atom is -0.394 e. The Hall–Kier alpha value is -3.22. The second-order valence-corrected chi connectivity index (χ2v) is 30.4. The van der Waals surface area contributed by atoms with Gasteiger partial charge in [-0.3, -0.25) is 4.79 Å². The first kappa shape index (κ1) is 64.9. The van der Waals surface area contributed by atoms with Gasteiger partial charge in [-0.15, -0.1) is 0 Å². The van der Waals surface area contributed by atoms with Gasteiger partial charge in [-0.05, 0) is 234 Å². The Balaban J connectivity index is 0.000000213. The molecule has 0 aromatic heterocycles. The van der Waals surface area contributed by atoms with Crippen LogP contribution in [0.5, 0.6) is 0 Å². The van der Waals surface area contributed by atoms with E-state index in [1.807, 2.05) is 6.08 Å². The van der Waals surface area contributed by atoms with Crippen molar-refractivity contribution in [1.29, 1.82) is 0 Å². The molecule has 2 N–H and O–H groups in total. The molecule has 0 aliphatic heterocycles. The number of aliphatic hydroxyl groups is 2. The molecular weight excluding hydrogens is 1070 g/mol. The van der Waals surface area contributed by atoms with Gasteiger partial charge >= 0.3 is 24.7 Å². The minimum absolute atomic E-state index is 0.0210. The fourth-order valence-electron chi connectivity index (χ4n) is 15.3. The number of allylic oxidation sites excluding steroid dienone is 8. The number of fused-ring (bicyclic) bond motifs is 2. The lowest BCUT2D eigenvalue weighted by molar-refractivity contribution is -0.347. The summed E-state index contributed by atoms with van der Waals surface area (Å²) in [5.74, 6) is 1.55. The lowest BCUT2D eigenvalue weighted by atomic mass is 9.59. The summed E-state index contributed by atoms with van der Waals surface area (Å²) in [6.45, 7) is 18.6. The van der Waals surface area contributed by atoms with E-state index in [9.17, 15) is 72.5 Å². The largest absolute Gasteiger partial charge is 0.429 e. The van der Waals surface area contributed by atoms with Crippen LogP contribution in [0.3, 0.4) is 0 Å². The normalized spacial score (nSPS) is 32.9. The second-order valence-electron chi connectivity index (χ2n) is 26.0. The Morgan fingerprint density at radius 2 is 1.11 bits per heavy atom. The van der Waals surface area contributed by atoms with Crippen LogP contribution in [0.25, 0.3) is 0 Å². The van der Waals surface area contributed by atoms with Crippen LogP contribution in [0.15, 0.2) is 83.6 Å². The molecular formula is C61H84F12O5Si. The molecule has 0 saturated heterocycles. The molecule has 0 aromatic carbocycles. The number of Topliss-reactive ketones (excluding diaryl/α,β-unsaturated/α-hetero) is 1. The van der Waals surface area contributed by atoms with Gasteiger partial charge in [0.2, 0.25) is 0 Å². The molecule has 79 heavy (non-hydrogen) atoms. The van der Waals surface area contributed by atoms with Crippen LogP contribution in [0, 0.1) is 51.2 Å². The molecule has 2 unspecified atom stereocenters. The molecule has 0 bridgehead atoms. The van der Waals surface area contributed by atoms with Gasteiger partial charge in [0, 0.05) is 18.8 Å². The number of rotatable bonds is 13. The van der Waals surface area contributed by atoms with Crippen molar-refractivity contribution in [1.82, 2.24) is 0 Å². The van der Waals surface area contributed by atoms with Crippen molar-refractivity contribution in [2.45, 2.75) is 230 Å². The topological polar surface area (TPSA) is 83.8 Å². The third-order valence-corrected chi connectivity index (χ3v) is 20.7. The monoisotopic (exact) mass is 1150 g/mol. The van der Waals surface area contributed by atoms with Gasteiger partial charge in [-0.2, -0.15) is 52.7 Å². The van der Waals surface area contributed by atoms with Crippen molar-refractivity contribution in [3.63, 3.8) is 0 Å². The summed E-state index contributed by atoms with van der Waals surface area (Å²) < 4.78 is 166. The van der Waals surface area contributed by atoms with Gasteiger partial charge in [-0.1, -0.05) is 69.9 Å². The van der Waals surface area contributed by atoms with Crippen LogP contribution >= 0.6 is 0 Å². The van der Waals surface area contributed by atoms with Gasteiger partial charge in [0.05, 0.1) is 6.10 Å². The molecule has 8 saturated carbocycles. The molecule has 0 heterocycles. The summed E-state index contributed by atoms with van der Waals surface area (Å²) in [7, 11) is -3.19. The summed E-state index contributed by atoms with van der Waals surface area (Å²) in [6, 6.07) is 0. The first-order valence-corrected chi connectivity index (χ1v) is 31.9. The molecule has 0 amide bonds. The van der Waals surface area contributed by atoms with Crippen molar-refractivity contribution in [3.05, 3.63) is 83.6 Å². The molecule has 8 aliphatic rings. The number of hydrogen-bond donors (Lipinski definition) is 2. The van der Waals surface area contributed by atoms with E-state index in [0.717, 1.165) is 139 Å². The number of aliphatic hydroxyl groups excluding tert-OH is 1. The summed E-state index contributed by atoms with van der Waals surface area (Å²) in [5.41, 5.74) is -4.23. The predicted octanol–water partition coefficient (Wildman–Crippen LogP) is 17.8. The quantitative estimate of drug-likeness (QED) is 0.0831. The highest BCUT2D eigenvalue weighted by Gasteiger charge is 2.72. The highest BCUT2D eigenvalue weighted by atomic mass is 28.4. The maximum absolute atomic E-state index is 13.8. The van der Waals surface area contributed by atoms with E-state index in [4.69, 9.17) is 4.43 Å². The highest BCUT2D eigenvalue weighted by molar-refractivity contribution is 6.69. The SMILES string of the molecule is C=C1/C(=C\C=C2/CCC[C@@]3(C)C2CC[C@@H]3C2(C/C=C\C(O)(C(F)(F)F)C(F)(F)F)CC2)CCC[C@@H]1O.C=C1/C(=C\CC=O)CCC[C@@H]1C.C[C@]12CCCC(=O)C1CC[C@@H]2C1(C/C=C\C(O[Si](C)(C)C)(C(F)(F)F)C(F)(F)F)CC1. The van der Waals surface area contributed by atoms with E-state index in [0.29, 0.717) is 24.7 Å². The summed E-state index contributed by atoms with van der Waals surface area (Å²) >= 11 is 0. The zero-order chi connectivity index (χ0) is 59.1. The van der Waals surface area contributed by atoms with Crippen molar-refractivity contribution in [2.24, 2.45) is 51.2 Å². The van der Waals surface area contributed by atoms with E-state index in [1.165, 1.54) is 49.2 Å². The molecule has 18 heteroatoms. The van der Waals surface area contributed by atoms with Crippen LogP contribution in [-0.4, -0.2) is 72.6 Å². The molecule has 0 aromatic rings. The summed E-state index contributed by atoms with van der Waals surface area (Å²) in [5, 5.41) is 19.6. The number of aldehydes is 1. The molecule has 5 nitrogen and oxygen atoms in total. The average Bonchev–Trinajstić information content (AvgIpc) is 4.44. The van der Waals surface area contributed by atoms with Crippen LogP contribution in [-0.2, 0) is 14.0 Å². The van der Waals surface area contributed by atoms with Gasteiger partial charge in [0.1, 0.15) is 12.1 Å². The number of carbonyl (C=O) groups is 2. The molecule has 8 aliphatic carbocycles. The first-order chi connectivity index (χ1) is 36.4. The number of halogens is 12. The molecule has 0 radical (unpaired) electrons. The van der Waals surface area contributed by atoms with Gasteiger partial charge < -0.3 is 19.4 Å². The van der Waals surface area contributed by atoms with E-state index in [-0.39, 0.29) is 70.2 Å². The lowest BCUT2D eigenvalue weighted by Gasteiger charge is -2.45. The van der Waals surface area contributed by atoms with Crippen molar-refractivity contribution < 1.29 is 76.9 Å². The Morgan fingerprint density at radius 1 is 0.620 bits per heavy atom. The van der Waals surface area contributed by atoms with Crippen LogP contribution in [0.4, 0.5) is 52.7 Å². The Bertz CT molecular complexity index is 2350. The smallest absolute Gasteiger partial charge is 0.394 e. The Labute approximate surface area is 460 Å². The number of ketones is 1. The zero-order valence-corrected chi connectivity index (χ0v) is 47.9. The van der Waals surface area contributed by atoms with Gasteiger partial charge in [0.25, 0.3) is 11.2 Å². The Morgan fingerprint density at radius 3 is 1.62 bits per heavy atom. The zero-order valence-electron chi connectivity index (χ0n) is 46.9. The van der Waals surface area contributed by atoms with Crippen molar-refractivity contribution >= 4 is 20.4 Å². The van der Waals surface area contributed by atoms with Gasteiger partial charge in [-0.25, -0.2) is 0 Å². The second kappa shape index (κ2) is 23.8. The van der Waals surface area contributed by atoms with Crippen LogP contribution in [0.1, 0.15) is 168 Å². The van der Waals surface area contributed by atoms with E-state index in [2.05, 4.69) is 46.1 Å². The molecule has 446 valence electrons. The van der Waals surface area contributed by atoms with E-state index >= 15 is 0 Å². The maximum Gasteiger partial charge on any atom is 0.429 e. The molecule has 0 spiro atoms. The first-order valence-electron chi connectivity index (χ1n) is 28.5. The number of hydrogen-bond acceptors (Lipinski definition) is 5. The number of carbonyl (C=O) groups excluding carboxylic acids is 2. The fraction of sp³-hybridized carbons (Fsp3) is 0.738. The summed E-state index contributed by atoms with van der Waals surface area (Å²) in [4.78, 5) is 22.6. The van der Waals surface area contributed by atoms with Gasteiger partial charge in [0.15, 0.2) is 8.32 Å². The third kappa shape index (κ3) is 13.7. The molecule has 8 atom stereocenters. The van der Waals surface area contributed by atoms with E-state index in [1.54, 1.807) is 0 Å². The van der Waals surface area contributed by atoms with Crippen LogP contribution in [0.2, 0.25) is 19.6 Å². The van der Waals surface area contributed by atoms with E-state index < -0.39 is 50.3 Å². The standard InChI is InChI=1S/C28H36F6O2.C22H32F6O2Si.C11H16O/c1-18-19(6-3-8-22(18)35)9-10-20-7-4-13-24(2)21(20)11-12-23(24)25(16-17-25)14-5-15-26(36,27(29,30)31)28(32,33)34;1-18-10-5-7-16(29)15(18)8-9-17(18)19(13-14-19)11-6-12-20(21(23,24)25,22(26,27)28)30-31(2,3)4;1-9-5-3-6-11(10(9)2)7-4-8-12/h5,9-10,15,21-23,35-36H,1,3-4,6-8,11-14,16-17H2,2H3;6,12,15,17H,5,7-11,13-14H2,1-4H3;7-9H,2-6H2,1H3/b15-5-,19-9-,20-10+;12-6-;11-7-/t21?,22-,23-,24-;15?,17-,18-;9-/m000/s1. The number of alkyl halides is 12. The average molecular weight is 1150 g/mol. The molecule has 8 fully saturated rings. The van der Waals surface area contributed by atoms with Crippen molar-refractivity contribution in [2.75, 3.05) is 0 Å². The predicted molar refractivity (Wildman–Crippen MR) is 285 cm³/mol. The fourth-order valence-corrected chi connectivity index (χ4v) is 16.5. The van der Waals surface area contributed by atoms with Crippen LogP contribution < -0.4 is 0 Å². The lowest BCUT2D eigenvalue weighted by Crippen LogP contribution is -2.61. The minimum atomic E-state index is -5.83. The van der Waals surface area contributed by atoms with Crippen molar-refractivity contribution in [3.8, 4) is 0 Å². The third-order valence-electron chi connectivity index (χ3n) is 19.8. The highest BCUT2D eigenvalue weighted by Crippen LogP contribution is 2.71. The molecule has 8 rings (SSSR count). The Kier molecular flexibility index (Phi) is 19.6. The maximum atomic E-state index is 13.8. The summed E-state index contributed by atoms with van der Waals surface area (Å²) in [6.07, 6.45) is 4.67.